The Morgan fingerprint density at radius 1 is 1.26 bits per heavy atom. The predicted octanol–water partition coefficient (Wildman–Crippen LogP) is 1.55. The Labute approximate surface area is 114 Å². The molecule has 0 aliphatic carbocycles. The van der Waals surface area contributed by atoms with Crippen molar-refractivity contribution >= 4 is 21.4 Å². The minimum absolute atomic E-state index is 0.0556. The second kappa shape index (κ2) is 6.68. The molecule has 0 saturated carbocycles. The zero-order valence-electron chi connectivity index (χ0n) is 11.2. The van der Waals surface area contributed by atoms with Gasteiger partial charge in [0.2, 0.25) is 5.91 Å². The quantitative estimate of drug-likeness (QED) is 0.829. The number of amides is 1. The van der Waals surface area contributed by atoms with Crippen molar-refractivity contribution in [3.63, 3.8) is 0 Å². The molecule has 5 nitrogen and oxygen atoms in total. The zero-order chi connectivity index (χ0) is 14.5. The van der Waals surface area contributed by atoms with E-state index in [2.05, 4.69) is 5.32 Å². The summed E-state index contributed by atoms with van der Waals surface area (Å²) in [6.45, 7) is 3.55. The SMILES string of the molecule is CCC[C@H](N)C(=O)Nc1ccc(S(=O)(=O)CC)cc1. The number of sulfone groups is 1. The van der Waals surface area contributed by atoms with Crippen molar-refractivity contribution < 1.29 is 13.2 Å². The molecular weight excluding hydrogens is 264 g/mol. The molecule has 1 rings (SSSR count). The Balaban J connectivity index is 2.75. The molecule has 19 heavy (non-hydrogen) atoms. The van der Waals surface area contributed by atoms with E-state index in [1.165, 1.54) is 12.1 Å². The number of hydrogen-bond acceptors (Lipinski definition) is 4. The normalized spacial score (nSPS) is 13.0. The van der Waals surface area contributed by atoms with Gasteiger partial charge in [0.05, 0.1) is 16.7 Å². The topological polar surface area (TPSA) is 89.3 Å². The standard InChI is InChI=1S/C13H20N2O3S/c1-3-5-12(14)13(16)15-10-6-8-11(9-7-10)19(17,18)4-2/h6-9,12H,3-5,14H2,1-2H3,(H,15,16)/t12-/m0/s1. The van der Waals surface area contributed by atoms with Gasteiger partial charge in [0.1, 0.15) is 0 Å². The maximum absolute atomic E-state index is 11.7. The van der Waals surface area contributed by atoms with Crippen molar-refractivity contribution in [1.29, 1.82) is 0 Å². The van der Waals surface area contributed by atoms with Crippen LogP contribution in [0.5, 0.6) is 0 Å². The van der Waals surface area contributed by atoms with Gasteiger partial charge in [-0.15, -0.1) is 0 Å². The lowest BCUT2D eigenvalue weighted by Crippen LogP contribution is -2.35. The van der Waals surface area contributed by atoms with Crippen molar-refractivity contribution in [3.8, 4) is 0 Å². The van der Waals surface area contributed by atoms with E-state index in [-0.39, 0.29) is 16.6 Å². The fraction of sp³-hybridized carbons (Fsp3) is 0.462. The maximum Gasteiger partial charge on any atom is 0.241 e. The number of nitrogens with one attached hydrogen (secondary N) is 1. The molecule has 0 unspecified atom stereocenters. The summed E-state index contributed by atoms with van der Waals surface area (Å²) >= 11 is 0. The first-order chi connectivity index (χ1) is 8.90. The number of carbonyl (C=O) groups excluding carboxylic acids is 1. The summed E-state index contributed by atoms with van der Waals surface area (Å²) < 4.78 is 23.2. The first kappa shape index (κ1) is 15.7. The van der Waals surface area contributed by atoms with Gasteiger partial charge in [-0.25, -0.2) is 8.42 Å². The molecule has 0 radical (unpaired) electrons. The maximum atomic E-state index is 11.7. The van der Waals surface area contributed by atoms with Crippen LogP contribution in [0.1, 0.15) is 26.7 Å². The molecule has 0 fully saturated rings. The van der Waals surface area contributed by atoms with E-state index < -0.39 is 15.9 Å². The summed E-state index contributed by atoms with van der Waals surface area (Å²) in [4.78, 5) is 11.9. The molecule has 0 bridgehead atoms. The van der Waals surface area contributed by atoms with Crippen LogP contribution in [0, 0.1) is 0 Å². The number of nitrogens with two attached hydrogens (primary N) is 1. The van der Waals surface area contributed by atoms with Gasteiger partial charge in [-0.2, -0.15) is 0 Å². The summed E-state index contributed by atoms with van der Waals surface area (Å²) in [6, 6.07) is 5.57. The van der Waals surface area contributed by atoms with Crippen molar-refractivity contribution in [2.24, 2.45) is 5.73 Å². The highest BCUT2D eigenvalue weighted by Gasteiger charge is 2.14. The lowest BCUT2D eigenvalue weighted by molar-refractivity contribution is -0.117. The Morgan fingerprint density at radius 2 is 1.84 bits per heavy atom. The van der Waals surface area contributed by atoms with Crippen LogP contribution in [0.2, 0.25) is 0 Å². The van der Waals surface area contributed by atoms with Gasteiger partial charge >= 0.3 is 0 Å². The van der Waals surface area contributed by atoms with E-state index in [1.807, 2.05) is 6.92 Å². The molecule has 1 atom stereocenters. The Morgan fingerprint density at radius 3 is 2.32 bits per heavy atom. The van der Waals surface area contributed by atoms with Gasteiger partial charge in [0.25, 0.3) is 0 Å². The molecule has 106 valence electrons. The third kappa shape index (κ3) is 4.33. The van der Waals surface area contributed by atoms with Crippen molar-refractivity contribution in [3.05, 3.63) is 24.3 Å². The number of anilines is 1. The highest BCUT2D eigenvalue weighted by atomic mass is 32.2. The molecule has 1 amide bonds. The average Bonchev–Trinajstić information content (AvgIpc) is 2.39. The smallest absolute Gasteiger partial charge is 0.241 e. The molecule has 0 heterocycles. The van der Waals surface area contributed by atoms with Gasteiger partial charge in [-0.3, -0.25) is 4.79 Å². The number of benzene rings is 1. The number of hydrogen-bond donors (Lipinski definition) is 2. The third-order valence-corrected chi connectivity index (χ3v) is 4.55. The molecule has 0 aliphatic heterocycles. The van der Waals surface area contributed by atoms with Gasteiger partial charge < -0.3 is 11.1 Å². The molecule has 1 aromatic carbocycles. The van der Waals surface area contributed by atoms with Crippen LogP contribution in [-0.4, -0.2) is 26.1 Å². The van der Waals surface area contributed by atoms with Gasteiger partial charge in [0, 0.05) is 5.69 Å². The summed E-state index contributed by atoms with van der Waals surface area (Å²) in [5, 5.41) is 2.66. The Kier molecular flexibility index (Phi) is 5.50. The van der Waals surface area contributed by atoms with E-state index in [9.17, 15) is 13.2 Å². The van der Waals surface area contributed by atoms with Crippen LogP contribution in [0.3, 0.4) is 0 Å². The molecule has 0 spiro atoms. The molecule has 1 aromatic rings. The van der Waals surface area contributed by atoms with E-state index in [1.54, 1.807) is 19.1 Å². The average molecular weight is 284 g/mol. The second-order valence-electron chi connectivity index (χ2n) is 4.31. The summed E-state index contributed by atoms with van der Waals surface area (Å²) in [7, 11) is -3.21. The monoisotopic (exact) mass is 284 g/mol. The lowest BCUT2D eigenvalue weighted by Gasteiger charge is -2.11. The molecule has 6 heteroatoms. The second-order valence-corrected chi connectivity index (χ2v) is 6.59. The van der Waals surface area contributed by atoms with Crippen molar-refractivity contribution in [1.82, 2.24) is 0 Å². The van der Waals surface area contributed by atoms with E-state index in [0.29, 0.717) is 12.1 Å². The van der Waals surface area contributed by atoms with Crippen LogP contribution < -0.4 is 11.1 Å². The summed E-state index contributed by atoms with van der Waals surface area (Å²) in [5.74, 6) is -0.201. The zero-order valence-corrected chi connectivity index (χ0v) is 12.0. The number of carbonyl (C=O) groups is 1. The van der Waals surface area contributed by atoms with Crippen LogP contribution in [0.15, 0.2) is 29.2 Å². The molecule has 0 aromatic heterocycles. The van der Waals surface area contributed by atoms with Crippen LogP contribution in [-0.2, 0) is 14.6 Å². The molecule has 0 saturated heterocycles. The van der Waals surface area contributed by atoms with Crippen LogP contribution >= 0.6 is 0 Å². The van der Waals surface area contributed by atoms with Gasteiger partial charge in [0.15, 0.2) is 9.84 Å². The summed E-state index contributed by atoms with van der Waals surface area (Å²) in [5.41, 5.74) is 6.24. The van der Waals surface area contributed by atoms with Gasteiger partial charge in [-0.1, -0.05) is 20.3 Å². The van der Waals surface area contributed by atoms with Crippen LogP contribution in [0.4, 0.5) is 5.69 Å². The largest absolute Gasteiger partial charge is 0.325 e. The highest BCUT2D eigenvalue weighted by Crippen LogP contribution is 2.15. The van der Waals surface area contributed by atoms with Crippen molar-refractivity contribution in [2.75, 3.05) is 11.1 Å². The lowest BCUT2D eigenvalue weighted by atomic mass is 10.1. The predicted molar refractivity (Wildman–Crippen MR) is 75.7 cm³/mol. The van der Waals surface area contributed by atoms with E-state index >= 15 is 0 Å². The number of rotatable bonds is 6. The first-order valence-electron chi connectivity index (χ1n) is 6.30. The molecular formula is C13H20N2O3S. The third-order valence-electron chi connectivity index (χ3n) is 2.80. The minimum Gasteiger partial charge on any atom is -0.325 e. The van der Waals surface area contributed by atoms with E-state index in [0.717, 1.165) is 6.42 Å². The van der Waals surface area contributed by atoms with Crippen molar-refractivity contribution in [2.45, 2.75) is 37.6 Å². The molecule has 0 aliphatic rings. The minimum atomic E-state index is -3.21. The Bertz CT molecular complexity index is 523. The highest BCUT2D eigenvalue weighted by molar-refractivity contribution is 7.91. The summed E-state index contributed by atoms with van der Waals surface area (Å²) in [6.07, 6.45) is 1.45. The first-order valence-corrected chi connectivity index (χ1v) is 7.95. The fourth-order valence-electron chi connectivity index (χ4n) is 1.59. The Hall–Kier alpha value is -1.40. The van der Waals surface area contributed by atoms with Gasteiger partial charge in [-0.05, 0) is 30.7 Å². The fourth-order valence-corrected chi connectivity index (χ4v) is 2.47. The van der Waals surface area contributed by atoms with E-state index in [4.69, 9.17) is 5.73 Å². The molecule has 3 N–H and O–H groups in total. The van der Waals surface area contributed by atoms with Crippen LogP contribution in [0.25, 0.3) is 0 Å².